The van der Waals surface area contributed by atoms with Crippen molar-refractivity contribution in [3.8, 4) is 0 Å². The summed E-state index contributed by atoms with van der Waals surface area (Å²) in [6.07, 6.45) is 9.90. The lowest BCUT2D eigenvalue weighted by Gasteiger charge is -2.46. The van der Waals surface area contributed by atoms with Crippen molar-refractivity contribution in [3.05, 3.63) is 32.8 Å². The lowest BCUT2D eigenvalue weighted by Crippen LogP contribution is -2.43. The smallest absolute Gasteiger partial charge is 0.253 e. The molecule has 0 saturated heterocycles. The van der Waals surface area contributed by atoms with Gasteiger partial charge in [0.1, 0.15) is 0 Å². The fourth-order valence-corrected chi connectivity index (χ4v) is 6.16. The molecule has 134 valence electrons. The standard InChI is InChI=1S/C20H24Br2N2O/c1-2-24-11-15(18-16(22)9-14(21)10-17(18)24)19(25)23-12-20-6-3-13(4-7-20)5-8-20/h9-11,13H,2-8,12H2,1H3,(H,23,25). The topological polar surface area (TPSA) is 34.0 Å². The Balaban J connectivity index is 1.60. The van der Waals surface area contributed by atoms with Crippen molar-refractivity contribution in [2.75, 3.05) is 6.54 Å². The van der Waals surface area contributed by atoms with E-state index in [4.69, 9.17) is 0 Å². The second-order valence-electron chi connectivity index (χ2n) is 7.78. The maximum absolute atomic E-state index is 13.0. The van der Waals surface area contributed by atoms with Gasteiger partial charge in [0.2, 0.25) is 0 Å². The molecule has 1 aromatic carbocycles. The van der Waals surface area contributed by atoms with Crippen molar-refractivity contribution in [3.63, 3.8) is 0 Å². The van der Waals surface area contributed by atoms with E-state index in [1.807, 2.05) is 12.3 Å². The Morgan fingerprint density at radius 3 is 2.56 bits per heavy atom. The molecule has 1 heterocycles. The van der Waals surface area contributed by atoms with Crippen LogP contribution in [0.15, 0.2) is 27.3 Å². The van der Waals surface area contributed by atoms with Gasteiger partial charge in [-0.3, -0.25) is 4.79 Å². The highest BCUT2D eigenvalue weighted by atomic mass is 79.9. The Morgan fingerprint density at radius 1 is 1.24 bits per heavy atom. The summed E-state index contributed by atoms with van der Waals surface area (Å²) in [7, 11) is 0. The van der Waals surface area contributed by atoms with Gasteiger partial charge < -0.3 is 9.88 Å². The van der Waals surface area contributed by atoms with Gasteiger partial charge in [0.15, 0.2) is 0 Å². The molecule has 2 bridgehead atoms. The first-order chi connectivity index (χ1) is 12.0. The maximum atomic E-state index is 13.0. The van der Waals surface area contributed by atoms with Gasteiger partial charge in [-0.15, -0.1) is 0 Å². The predicted octanol–water partition coefficient (Wildman–Crippen LogP) is 5.89. The van der Waals surface area contributed by atoms with E-state index < -0.39 is 0 Å². The number of carbonyl (C=O) groups is 1. The number of amides is 1. The first-order valence-electron chi connectivity index (χ1n) is 9.27. The molecule has 3 aliphatic carbocycles. The fourth-order valence-electron chi connectivity index (χ4n) is 4.74. The van der Waals surface area contributed by atoms with Gasteiger partial charge in [-0.05, 0) is 68.9 Å². The zero-order valence-corrected chi connectivity index (χ0v) is 17.7. The van der Waals surface area contributed by atoms with Gasteiger partial charge in [0.05, 0.1) is 11.1 Å². The van der Waals surface area contributed by atoms with Gasteiger partial charge in [0.25, 0.3) is 5.91 Å². The van der Waals surface area contributed by atoms with Gasteiger partial charge in [-0.2, -0.15) is 0 Å². The van der Waals surface area contributed by atoms with Crippen LogP contribution in [0.2, 0.25) is 0 Å². The minimum Gasteiger partial charge on any atom is -0.351 e. The summed E-state index contributed by atoms with van der Waals surface area (Å²) in [5.41, 5.74) is 2.22. The lowest BCUT2D eigenvalue weighted by molar-refractivity contribution is 0.0598. The fraction of sp³-hybridized carbons (Fsp3) is 0.550. The SMILES string of the molecule is CCn1cc(C(=O)NCC23CCC(CC2)CC3)c2c(Br)cc(Br)cc21. The van der Waals surface area contributed by atoms with Crippen molar-refractivity contribution in [2.24, 2.45) is 11.3 Å². The van der Waals surface area contributed by atoms with Crippen LogP contribution in [0, 0.1) is 11.3 Å². The van der Waals surface area contributed by atoms with Gasteiger partial charge in [0, 0.05) is 33.6 Å². The number of nitrogens with zero attached hydrogens (tertiary/aromatic N) is 1. The number of fused-ring (bicyclic) bond motifs is 4. The first kappa shape index (κ1) is 17.6. The predicted molar refractivity (Wildman–Crippen MR) is 109 cm³/mol. The van der Waals surface area contributed by atoms with Crippen molar-refractivity contribution < 1.29 is 4.79 Å². The van der Waals surface area contributed by atoms with Crippen LogP contribution in [-0.4, -0.2) is 17.0 Å². The minimum atomic E-state index is 0.0577. The van der Waals surface area contributed by atoms with E-state index in [-0.39, 0.29) is 5.91 Å². The molecule has 3 fully saturated rings. The number of benzene rings is 1. The molecule has 0 unspecified atom stereocenters. The minimum absolute atomic E-state index is 0.0577. The van der Waals surface area contributed by atoms with Crippen LogP contribution >= 0.6 is 31.9 Å². The monoisotopic (exact) mass is 466 g/mol. The molecule has 25 heavy (non-hydrogen) atoms. The summed E-state index contributed by atoms with van der Waals surface area (Å²) in [6.45, 7) is 3.78. The van der Waals surface area contributed by atoms with E-state index in [2.05, 4.69) is 54.7 Å². The van der Waals surface area contributed by atoms with E-state index in [1.54, 1.807) is 0 Å². The van der Waals surface area contributed by atoms with Crippen LogP contribution in [0.1, 0.15) is 55.8 Å². The number of hydrogen-bond acceptors (Lipinski definition) is 1. The Kier molecular flexibility index (Phi) is 4.74. The van der Waals surface area contributed by atoms with Crippen LogP contribution in [0.25, 0.3) is 10.9 Å². The van der Waals surface area contributed by atoms with Crippen LogP contribution < -0.4 is 5.32 Å². The largest absolute Gasteiger partial charge is 0.351 e. The quantitative estimate of drug-likeness (QED) is 0.597. The van der Waals surface area contributed by atoms with Crippen LogP contribution in [0.3, 0.4) is 0 Å². The molecule has 2 aromatic rings. The summed E-state index contributed by atoms with van der Waals surface area (Å²) >= 11 is 7.20. The summed E-state index contributed by atoms with van der Waals surface area (Å²) in [5, 5.41) is 4.28. The summed E-state index contributed by atoms with van der Waals surface area (Å²) < 4.78 is 4.12. The molecule has 1 amide bonds. The average Bonchev–Trinajstić information content (AvgIpc) is 3.00. The maximum Gasteiger partial charge on any atom is 0.253 e. The van der Waals surface area contributed by atoms with Crippen molar-refractivity contribution in [1.29, 1.82) is 0 Å². The zero-order chi connectivity index (χ0) is 17.6. The third-order valence-corrected chi connectivity index (χ3v) is 7.44. The van der Waals surface area contributed by atoms with Gasteiger partial charge >= 0.3 is 0 Å². The van der Waals surface area contributed by atoms with E-state index in [1.165, 1.54) is 38.5 Å². The average molecular weight is 468 g/mol. The second kappa shape index (κ2) is 6.73. The molecule has 3 saturated carbocycles. The Morgan fingerprint density at radius 2 is 1.92 bits per heavy atom. The van der Waals surface area contributed by atoms with Crippen LogP contribution in [-0.2, 0) is 6.54 Å². The Labute approximate surface area is 165 Å². The number of rotatable bonds is 4. The summed E-state index contributed by atoms with van der Waals surface area (Å²) in [6, 6.07) is 4.10. The highest BCUT2D eigenvalue weighted by Gasteiger charge is 2.40. The van der Waals surface area contributed by atoms with Crippen LogP contribution in [0.4, 0.5) is 0 Å². The third-order valence-electron chi connectivity index (χ3n) is 6.36. The summed E-state index contributed by atoms with van der Waals surface area (Å²) in [5.74, 6) is 1.01. The third kappa shape index (κ3) is 3.18. The van der Waals surface area contributed by atoms with E-state index in [9.17, 15) is 4.79 Å². The first-order valence-corrected chi connectivity index (χ1v) is 10.9. The molecule has 0 spiro atoms. The molecule has 0 atom stereocenters. The van der Waals surface area contributed by atoms with Gasteiger partial charge in [-0.1, -0.05) is 31.9 Å². The number of aryl methyl sites for hydroxylation is 1. The molecule has 1 aromatic heterocycles. The van der Waals surface area contributed by atoms with Crippen molar-refractivity contribution >= 4 is 48.7 Å². The second-order valence-corrected chi connectivity index (χ2v) is 9.55. The van der Waals surface area contributed by atoms with Gasteiger partial charge in [-0.25, -0.2) is 0 Å². The van der Waals surface area contributed by atoms with E-state index in [0.29, 0.717) is 5.41 Å². The summed E-state index contributed by atoms with van der Waals surface area (Å²) in [4.78, 5) is 13.0. The molecule has 3 aliphatic rings. The number of hydrogen-bond donors (Lipinski definition) is 1. The number of halogens is 2. The molecule has 1 N–H and O–H groups in total. The number of carbonyl (C=O) groups excluding carboxylic acids is 1. The van der Waals surface area contributed by atoms with Crippen LogP contribution in [0.5, 0.6) is 0 Å². The molecule has 5 heteroatoms. The van der Waals surface area contributed by atoms with E-state index in [0.717, 1.165) is 44.4 Å². The number of nitrogens with one attached hydrogen (secondary N) is 1. The highest BCUT2D eigenvalue weighted by molar-refractivity contribution is 9.11. The Hall–Kier alpha value is -0.810. The molecule has 0 aliphatic heterocycles. The van der Waals surface area contributed by atoms with E-state index >= 15 is 0 Å². The molecule has 0 radical (unpaired) electrons. The molecular weight excluding hydrogens is 444 g/mol. The highest BCUT2D eigenvalue weighted by Crippen LogP contribution is 2.49. The lowest BCUT2D eigenvalue weighted by atomic mass is 9.61. The normalized spacial score (nSPS) is 25.5. The van der Waals surface area contributed by atoms with Crippen molar-refractivity contribution in [2.45, 2.75) is 52.0 Å². The molecular formula is C20H24Br2N2O. The molecule has 5 rings (SSSR count). The number of aromatic nitrogens is 1. The Bertz CT molecular complexity index is 805. The molecule has 3 nitrogen and oxygen atoms in total. The zero-order valence-electron chi connectivity index (χ0n) is 14.6. The van der Waals surface area contributed by atoms with Crippen molar-refractivity contribution in [1.82, 2.24) is 9.88 Å².